The third-order valence-electron chi connectivity index (χ3n) is 3.35. The van der Waals surface area contributed by atoms with Crippen molar-refractivity contribution in [2.24, 2.45) is 0 Å². The number of anilines is 1. The van der Waals surface area contributed by atoms with Gasteiger partial charge in [-0.1, -0.05) is 18.2 Å². The van der Waals surface area contributed by atoms with Crippen LogP contribution in [0.3, 0.4) is 0 Å². The summed E-state index contributed by atoms with van der Waals surface area (Å²) in [6, 6.07) is 14.4. The molecule has 5 heteroatoms. The van der Waals surface area contributed by atoms with Gasteiger partial charge in [-0.2, -0.15) is 5.26 Å². The second-order valence-electron chi connectivity index (χ2n) is 5.17. The first-order valence-corrected chi connectivity index (χ1v) is 8.82. The predicted octanol–water partition coefficient (Wildman–Crippen LogP) is 5.00. The molecule has 0 saturated carbocycles. The molecule has 0 radical (unpaired) electrons. The van der Waals surface area contributed by atoms with Crippen LogP contribution in [-0.2, 0) is 0 Å². The maximum Gasteiger partial charge on any atom is 0.134 e. The summed E-state index contributed by atoms with van der Waals surface area (Å²) in [5.41, 5.74) is 3.66. The molecule has 23 heavy (non-hydrogen) atoms. The number of aromatic nitrogens is 1. The standard InChI is InChI=1S/C18H15N3S2/c1-21(2)15-7-5-13(6-8-15)10-14(11-19)18-20-16(12-23-18)17-4-3-9-22-17/h3-10,12H,1-2H3/b14-10-. The van der Waals surface area contributed by atoms with E-state index in [1.807, 2.05) is 72.2 Å². The van der Waals surface area contributed by atoms with Crippen LogP contribution in [-0.4, -0.2) is 19.1 Å². The second-order valence-corrected chi connectivity index (χ2v) is 6.98. The number of rotatable bonds is 4. The molecule has 3 nitrogen and oxygen atoms in total. The summed E-state index contributed by atoms with van der Waals surface area (Å²) < 4.78 is 0. The van der Waals surface area contributed by atoms with Crippen molar-refractivity contribution in [1.82, 2.24) is 4.98 Å². The average Bonchev–Trinajstić information content (AvgIpc) is 3.24. The van der Waals surface area contributed by atoms with Crippen molar-refractivity contribution in [3.8, 4) is 16.6 Å². The summed E-state index contributed by atoms with van der Waals surface area (Å²) in [6.07, 6.45) is 1.89. The molecule has 3 rings (SSSR count). The van der Waals surface area contributed by atoms with Crippen LogP contribution in [0.25, 0.3) is 22.2 Å². The van der Waals surface area contributed by atoms with E-state index in [1.165, 1.54) is 11.3 Å². The third-order valence-corrected chi connectivity index (χ3v) is 5.12. The van der Waals surface area contributed by atoms with E-state index in [4.69, 9.17) is 0 Å². The van der Waals surface area contributed by atoms with Crippen LogP contribution < -0.4 is 4.90 Å². The predicted molar refractivity (Wildman–Crippen MR) is 99.7 cm³/mol. The van der Waals surface area contributed by atoms with E-state index in [2.05, 4.69) is 11.1 Å². The van der Waals surface area contributed by atoms with Crippen LogP contribution in [0.15, 0.2) is 47.2 Å². The molecule has 1 aromatic carbocycles. The van der Waals surface area contributed by atoms with Gasteiger partial charge in [-0.05, 0) is 35.2 Å². The lowest BCUT2D eigenvalue weighted by atomic mass is 10.1. The van der Waals surface area contributed by atoms with Crippen molar-refractivity contribution in [3.05, 3.63) is 57.7 Å². The van der Waals surface area contributed by atoms with Crippen molar-refractivity contribution in [3.63, 3.8) is 0 Å². The Bertz CT molecular complexity index is 851. The molecule has 0 saturated heterocycles. The van der Waals surface area contributed by atoms with Crippen molar-refractivity contribution < 1.29 is 0 Å². The normalized spacial score (nSPS) is 11.3. The quantitative estimate of drug-likeness (QED) is 0.629. The molecule has 0 aliphatic carbocycles. The van der Waals surface area contributed by atoms with Crippen LogP contribution in [0.4, 0.5) is 5.69 Å². The first kappa shape index (κ1) is 15.5. The highest BCUT2D eigenvalue weighted by atomic mass is 32.1. The van der Waals surface area contributed by atoms with Crippen molar-refractivity contribution >= 4 is 40.0 Å². The fourth-order valence-electron chi connectivity index (χ4n) is 2.11. The zero-order valence-corrected chi connectivity index (χ0v) is 14.5. The van der Waals surface area contributed by atoms with E-state index in [-0.39, 0.29) is 0 Å². The molecule has 2 aromatic heterocycles. The van der Waals surface area contributed by atoms with Gasteiger partial charge in [0.25, 0.3) is 0 Å². The smallest absolute Gasteiger partial charge is 0.134 e. The molecule has 0 spiro atoms. The number of benzene rings is 1. The number of hydrogen-bond acceptors (Lipinski definition) is 5. The zero-order chi connectivity index (χ0) is 16.2. The van der Waals surface area contributed by atoms with E-state index < -0.39 is 0 Å². The number of nitriles is 1. The lowest BCUT2D eigenvalue weighted by Gasteiger charge is -2.11. The summed E-state index contributed by atoms with van der Waals surface area (Å²) >= 11 is 3.16. The van der Waals surface area contributed by atoms with Gasteiger partial charge >= 0.3 is 0 Å². The average molecular weight is 337 g/mol. The highest BCUT2D eigenvalue weighted by Gasteiger charge is 2.09. The minimum Gasteiger partial charge on any atom is -0.378 e. The topological polar surface area (TPSA) is 39.9 Å². The molecule has 0 fully saturated rings. The molecule has 0 bridgehead atoms. The van der Waals surface area contributed by atoms with E-state index >= 15 is 0 Å². The molecule has 2 heterocycles. The lowest BCUT2D eigenvalue weighted by molar-refractivity contribution is 1.13. The molecule has 0 aliphatic heterocycles. The third kappa shape index (κ3) is 3.50. The first-order valence-electron chi connectivity index (χ1n) is 7.06. The highest BCUT2D eigenvalue weighted by molar-refractivity contribution is 7.14. The number of nitrogens with zero attached hydrogens (tertiary/aromatic N) is 3. The SMILES string of the molecule is CN(C)c1ccc(/C=C(/C#N)c2nc(-c3cccs3)cs2)cc1. The van der Waals surface area contributed by atoms with Gasteiger partial charge in [-0.15, -0.1) is 22.7 Å². The van der Waals surface area contributed by atoms with E-state index in [9.17, 15) is 5.26 Å². The lowest BCUT2D eigenvalue weighted by Crippen LogP contribution is -2.07. The molecule has 114 valence electrons. The zero-order valence-electron chi connectivity index (χ0n) is 12.9. The number of thiophene rings is 1. The Morgan fingerprint density at radius 3 is 2.57 bits per heavy atom. The minimum atomic E-state index is 0.593. The largest absolute Gasteiger partial charge is 0.378 e. The van der Waals surface area contributed by atoms with Crippen molar-refractivity contribution in [2.45, 2.75) is 0 Å². The summed E-state index contributed by atoms with van der Waals surface area (Å²) in [5.74, 6) is 0. The Hall–Kier alpha value is -2.42. The molecule has 0 unspecified atom stereocenters. The van der Waals surface area contributed by atoms with Gasteiger partial charge < -0.3 is 4.90 Å². The first-order chi connectivity index (χ1) is 11.2. The Balaban J connectivity index is 1.89. The summed E-state index contributed by atoms with van der Waals surface area (Å²) in [4.78, 5) is 7.77. The molecule has 0 amide bonds. The van der Waals surface area contributed by atoms with Gasteiger partial charge in [0.2, 0.25) is 0 Å². The molecule has 0 aliphatic rings. The molecular formula is C18H15N3S2. The summed E-state index contributed by atoms with van der Waals surface area (Å²) in [5, 5.41) is 14.3. The van der Waals surface area contributed by atoms with Gasteiger partial charge in [0.1, 0.15) is 11.1 Å². The van der Waals surface area contributed by atoms with E-state index in [0.29, 0.717) is 5.57 Å². The molecule has 3 aromatic rings. The fraction of sp³-hybridized carbons (Fsp3) is 0.111. The minimum absolute atomic E-state index is 0.593. The van der Waals surface area contributed by atoms with Crippen LogP contribution in [0.1, 0.15) is 10.6 Å². The van der Waals surface area contributed by atoms with Gasteiger partial charge in [-0.3, -0.25) is 0 Å². The second kappa shape index (κ2) is 6.78. The number of thiazole rings is 1. The molecule has 0 N–H and O–H groups in total. The maximum atomic E-state index is 9.47. The molecule has 0 atom stereocenters. The summed E-state index contributed by atoms with van der Waals surface area (Å²) in [7, 11) is 4.01. The maximum absolute atomic E-state index is 9.47. The number of allylic oxidation sites excluding steroid dienone is 1. The Morgan fingerprint density at radius 2 is 1.96 bits per heavy atom. The monoisotopic (exact) mass is 337 g/mol. The van der Waals surface area contributed by atoms with Crippen molar-refractivity contribution in [1.29, 1.82) is 5.26 Å². The summed E-state index contributed by atoms with van der Waals surface area (Å²) in [6.45, 7) is 0. The molecular weight excluding hydrogens is 322 g/mol. The van der Waals surface area contributed by atoms with E-state index in [1.54, 1.807) is 11.3 Å². The number of hydrogen-bond donors (Lipinski definition) is 0. The van der Waals surface area contributed by atoms with Crippen LogP contribution in [0.2, 0.25) is 0 Å². The Labute approximate surface area is 143 Å². The van der Waals surface area contributed by atoms with Gasteiger partial charge in [-0.25, -0.2) is 4.98 Å². The van der Waals surface area contributed by atoms with Gasteiger partial charge in [0.05, 0.1) is 16.1 Å². The Kier molecular flexibility index (Phi) is 4.56. The Morgan fingerprint density at radius 1 is 1.17 bits per heavy atom. The van der Waals surface area contributed by atoms with Gasteiger partial charge in [0.15, 0.2) is 0 Å². The van der Waals surface area contributed by atoms with Gasteiger partial charge in [0, 0.05) is 25.2 Å². The van der Waals surface area contributed by atoms with Crippen LogP contribution in [0.5, 0.6) is 0 Å². The van der Waals surface area contributed by atoms with Crippen LogP contribution in [0, 0.1) is 11.3 Å². The fourth-order valence-corrected chi connectivity index (χ4v) is 3.66. The van der Waals surface area contributed by atoms with Crippen molar-refractivity contribution in [2.75, 3.05) is 19.0 Å². The van der Waals surface area contributed by atoms with Crippen LogP contribution >= 0.6 is 22.7 Å². The van der Waals surface area contributed by atoms with E-state index in [0.717, 1.165) is 26.8 Å². The highest BCUT2D eigenvalue weighted by Crippen LogP contribution is 2.29.